The average Bonchev–Trinajstić information content (AvgIpc) is 3.13. The highest BCUT2D eigenvalue weighted by Crippen LogP contribution is 2.20. The van der Waals surface area contributed by atoms with Gasteiger partial charge in [0.05, 0.1) is 5.92 Å². The van der Waals surface area contributed by atoms with Gasteiger partial charge in [-0.25, -0.2) is 4.79 Å². The van der Waals surface area contributed by atoms with Crippen LogP contribution >= 0.6 is 11.6 Å². The van der Waals surface area contributed by atoms with E-state index in [9.17, 15) is 9.59 Å². The molecule has 2 aliphatic rings. The summed E-state index contributed by atoms with van der Waals surface area (Å²) in [4.78, 5) is 29.3. The summed E-state index contributed by atoms with van der Waals surface area (Å²) < 4.78 is 0. The Morgan fingerprint density at radius 2 is 1.96 bits per heavy atom. The summed E-state index contributed by atoms with van der Waals surface area (Å²) in [5.74, 6) is -1.25. The van der Waals surface area contributed by atoms with Gasteiger partial charge in [-0.15, -0.1) is 0 Å². The lowest BCUT2D eigenvalue weighted by molar-refractivity contribution is -0.141. The lowest BCUT2D eigenvalue weighted by Crippen LogP contribution is -2.49. The van der Waals surface area contributed by atoms with Gasteiger partial charge >= 0.3 is 12.0 Å². The highest BCUT2D eigenvalue weighted by Gasteiger charge is 2.30. The summed E-state index contributed by atoms with van der Waals surface area (Å²) in [7, 11) is 0. The van der Waals surface area contributed by atoms with Crippen molar-refractivity contribution in [1.82, 2.24) is 15.1 Å². The Labute approximate surface area is 158 Å². The molecular weight excluding hydrogens is 356 g/mol. The van der Waals surface area contributed by atoms with Gasteiger partial charge in [0.2, 0.25) is 0 Å². The van der Waals surface area contributed by atoms with Crippen LogP contribution in [-0.2, 0) is 4.79 Å². The quantitative estimate of drug-likeness (QED) is 0.811. The Morgan fingerprint density at radius 3 is 2.62 bits per heavy atom. The van der Waals surface area contributed by atoms with Gasteiger partial charge in [-0.3, -0.25) is 9.69 Å². The number of nitrogens with one attached hydrogen (secondary N) is 1. The number of rotatable bonds is 5. The van der Waals surface area contributed by atoms with Crippen molar-refractivity contribution in [3.63, 3.8) is 0 Å². The summed E-state index contributed by atoms with van der Waals surface area (Å²) >= 11 is 6.06. The monoisotopic (exact) mass is 380 g/mol. The van der Waals surface area contributed by atoms with E-state index in [0.29, 0.717) is 26.1 Å². The summed E-state index contributed by atoms with van der Waals surface area (Å²) in [6.45, 7) is 5.93. The number of halogens is 1. The topological polar surface area (TPSA) is 76.1 Å². The van der Waals surface area contributed by atoms with Crippen LogP contribution < -0.4 is 10.2 Å². The first-order valence-corrected chi connectivity index (χ1v) is 9.39. The van der Waals surface area contributed by atoms with E-state index in [-0.39, 0.29) is 6.03 Å². The Balaban J connectivity index is 1.35. The number of nitrogens with zero attached hydrogens (tertiary/aromatic N) is 3. The van der Waals surface area contributed by atoms with Crippen LogP contribution in [0, 0.1) is 5.92 Å². The minimum Gasteiger partial charge on any atom is -0.481 e. The zero-order valence-electron chi connectivity index (χ0n) is 14.7. The minimum atomic E-state index is -0.821. The number of hydrogen-bond donors (Lipinski definition) is 2. The number of hydrogen-bond acceptors (Lipinski definition) is 4. The van der Waals surface area contributed by atoms with Crippen LogP contribution in [0.4, 0.5) is 10.5 Å². The zero-order chi connectivity index (χ0) is 18.5. The van der Waals surface area contributed by atoms with E-state index in [4.69, 9.17) is 16.7 Å². The molecule has 2 saturated heterocycles. The number of anilines is 1. The number of carbonyl (C=O) groups excluding carboxylic acids is 1. The fourth-order valence-electron chi connectivity index (χ4n) is 3.48. The van der Waals surface area contributed by atoms with Gasteiger partial charge in [0.1, 0.15) is 0 Å². The fourth-order valence-corrected chi connectivity index (χ4v) is 3.67. The molecule has 1 aromatic rings. The van der Waals surface area contributed by atoms with Crippen molar-refractivity contribution >= 4 is 29.3 Å². The maximum absolute atomic E-state index is 12.1. The van der Waals surface area contributed by atoms with Crippen LogP contribution in [0.2, 0.25) is 5.02 Å². The maximum atomic E-state index is 12.1. The van der Waals surface area contributed by atoms with Gasteiger partial charge in [0, 0.05) is 63.1 Å². The molecule has 2 N–H and O–H groups in total. The molecular formula is C18H25ClN4O3. The largest absolute Gasteiger partial charge is 0.481 e. The lowest BCUT2D eigenvalue weighted by Gasteiger charge is -2.36. The highest BCUT2D eigenvalue weighted by atomic mass is 35.5. The molecule has 2 fully saturated rings. The predicted octanol–water partition coefficient (Wildman–Crippen LogP) is 1.58. The van der Waals surface area contributed by atoms with Crippen LogP contribution in [-0.4, -0.2) is 79.3 Å². The molecule has 7 nitrogen and oxygen atoms in total. The molecule has 1 unspecified atom stereocenters. The summed E-state index contributed by atoms with van der Waals surface area (Å²) in [5, 5.41) is 12.7. The van der Waals surface area contributed by atoms with Crippen LogP contribution in [0.25, 0.3) is 0 Å². The molecule has 2 amide bonds. The van der Waals surface area contributed by atoms with Crippen molar-refractivity contribution in [2.45, 2.75) is 6.42 Å². The van der Waals surface area contributed by atoms with E-state index in [2.05, 4.69) is 21.2 Å². The van der Waals surface area contributed by atoms with Gasteiger partial charge in [0.15, 0.2) is 0 Å². The summed E-state index contributed by atoms with van der Waals surface area (Å²) in [5.41, 5.74) is 1.15. The normalized spacial score (nSPS) is 21.0. The Bertz CT molecular complexity index is 649. The second-order valence-electron chi connectivity index (χ2n) is 6.81. The number of carbonyl (C=O) groups is 2. The predicted molar refractivity (Wildman–Crippen MR) is 101 cm³/mol. The third-order valence-corrected chi connectivity index (χ3v) is 5.31. The van der Waals surface area contributed by atoms with Gasteiger partial charge in [-0.05, 0) is 24.6 Å². The number of benzene rings is 1. The van der Waals surface area contributed by atoms with Crippen molar-refractivity contribution in [1.29, 1.82) is 0 Å². The minimum absolute atomic E-state index is 0.161. The summed E-state index contributed by atoms with van der Waals surface area (Å²) in [6.07, 6.45) is 0.536. The van der Waals surface area contributed by atoms with Crippen molar-refractivity contribution < 1.29 is 14.7 Å². The third kappa shape index (κ3) is 4.80. The molecule has 8 heteroatoms. The molecule has 0 aromatic heterocycles. The molecule has 1 atom stereocenters. The van der Waals surface area contributed by atoms with Crippen LogP contribution in [0.15, 0.2) is 24.3 Å². The van der Waals surface area contributed by atoms with E-state index in [1.54, 1.807) is 4.90 Å². The number of amides is 2. The number of carboxylic acid groups (broad SMARTS) is 1. The molecule has 0 bridgehead atoms. The number of piperazine rings is 1. The number of carboxylic acids is 1. The maximum Gasteiger partial charge on any atom is 0.317 e. The molecule has 3 rings (SSSR count). The first kappa shape index (κ1) is 18.8. The van der Waals surface area contributed by atoms with E-state index in [1.807, 2.05) is 18.2 Å². The molecule has 0 spiro atoms. The number of aliphatic carboxylic acids is 1. The Kier molecular flexibility index (Phi) is 6.21. The number of likely N-dealkylation sites (tertiary alicyclic amines) is 1. The Morgan fingerprint density at radius 1 is 1.19 bits per heavy atom. The van der Waals surface area contributed by atoms with Gasteiger partial charge in [-0.2, -0.15) is 0 Å². The first-order valence-electron chi connectivity index (χ1n) is 9.01. The standard InChI is InChI=1S/C18H25ClN4O3/c19-15-2-1-3-16(12-15)22-10-8-21(9-11-22)7-5-20-18(26)23-6-4-14(13-23)17(24)25/h1-3,12,14H,4-11,13H2,(H,20,26)(H,24,25). The van der Waals surface area contributed by atoms with Crippen molar-refractivity contribution in [3.8, 4) is 0 Å². The second kappa shape index (κ2) is 8.60. The molecule has 2 aliphatic heterocycles. The van der Waals surface area contributed by atoms with E-state index >= 15 is 0 Å². The van der Waals surface area contributed by atoms with Crippen molar-refractivity contribution in [3.05, 3.63) is 29.3 Å². The van der Waals surface area contributed by atoms with Crippen LogP contribution in [0.5, 0.6) is 0 Å². The lowest BCUT2D eigenvalue weighted by atomic mass is 10.1. The van der Waals surface area contributed by atoms with Crippen molar-refractivity contribution in [2.75, 3.05) is 57.3 Å². The smallest absolute Gasteiger partial charge is 0.317 e. The van der Waals surface area contributed by atoms with Gasteiger partial charge < -0.3 is 20.2 Å². The molecule has 0 radical (unpaired) electrons. The van der Waals surface area contributed by atoms with Crippen LogP contribution in [0.1, 0.15) is 6.42 Å². The highest BCUT2D eigenvalue weighted by molar-refractivity contribution is 6.30. The molecule has 2 heterocycles. The van der Waals surface area contributed by atoms with Gasteiger partial charge in [-0.1, -0.05) is 17.7 Å². The van der Waals surface area contributed by atoms with E-state index in [1.165, 1.54) is 0 Å². The molecule has 1 aromatic carbocycles. The van der Waals surface area contributed by atoms with Crippen molar-refractivity contribution in [2.24, 2.45) is 5.92 Å². The number of urea groups is 1. The molecule has 142 valence electrons. The summed E-state index contributed by atoms with van der Waals surface area (Å²) in [6, 6.07) is 7.74. The SMILES string of the molecule is O=C(O)C1CCN(C(=O)NCCN2CCN(c3cccc(Cl)c3)CC2)C1. The molecule has 0 saturated carbocycles. The average molecular weight is 381 g/mol. The third-order valence-electron chi connectivity index (χ3n) is 5.07. The Hall–Kier alpha value is -1.99. The molecule has 26 heavy (non-hydrogen) atoms. The molecule has 0 aliphatic carbocycles. The first-order chi connectivity index (χ1) is 12.5. The van der Waals surface area contributed by atoms with Crippen LogP contribution in [0.3, 0.4) is 0 Å². The fraction of sp³-hybridized carbons (Fsp3) is 0.556. The van der Waals surface area contributed by atoms with Gasteiger partial charge in [0.25, 0.3) is 0 Å². The zero-order valence-corrected chi connectivity index (χ0v) is 15.5. The second-order valence-corrected chi connectivity index (χ2v) is 7.25. The van der Waals surface area contributed by atoms with E-state index < -0.39 is 11.9 Å². The van der Waals surface area contributed by atoms with E-state index in [0.717, 1.165) is 43.4 Å².